The minimum Gasteiger partial charge on any atom is -0.446 e. The molecule has 1 aromatic heterocycles. The van der Waals surface area contributed by atoms with E-state index in [4.69, 9.17) is 9.52 Å². The first-order valence-corrected chi connectivity index (χ1v) is 5.89. The molecular formula is C14H17NO2. The van der Waals surface area contributed by atoms with Crippen LogP contribution in [0.4, 0.5) is 0 Å². The average Bonchev–Trinajstić information content (AvgIpc) is 2.69. The Bertz CT molecular complexity index is 462. The van der Waals surface area contributed by atoms with Crippen LogP contribution in [0.15, 0.2) is 34.7 Å². The fraction of sp³-hybridized carbons (Fsp3) is 0.357. The lowest BCUT2D eigenvalue weighted by Gasteiger charge is -1.97. The molecule has 0 atom stereocenters. The number of aromatic nitrogens is 1. The highest BCUT2D eigenvalue weighted by Gasteiger charge is 2.09. The maximum absolute atomic E-state index is 8.77. The van der Waals surface area contributed by atoms with Gasteiger partial charge in [0.25, 0.3) is 0 Å². The summed E-state index contributed by atoms with van der Waals surface area (Å²) in [5, 5.41) is 8.77. The maximum atomic E-state index is 8.77. The Morgan fingerprint density at radius 3 is 2.71 bits per heavy atom. The van der Waals surface area contributed by atoms with E-state index >= 15 is 0 Å². The van der Waals surface area contributed by atoms with E-state index in [1.165, 1.54) is 5.56 Å². The van der Waals surface area contributed by atoms with Gasteiger partial charge in [0.15, 0.2) is 5.89 Å². The molecule has 3 heteroatoms. The molecule has 1 N–H and O–H groups in total. The Morgan fingerprint density at radius 2 is 2.00 bits per heavy atom. The Morgan fingerprint density at radius 1 is 1.24 bits per heavy atom. The highest BCUT2D eigenvalue weighted by atomic mass is 16.4. The summed E-state index contributed by atoms with van der Waals surface area (Å²) in [5.41, 5.74) is 2.22. The molecule has 3 nitrogen and oxygen atoms in total. The highest BCUT2D eigenvalue weighted by molar-refractivity contribution is 5.23. The largest absolute Gasteiger partial charge is 0.446 e. The van der Waals surface area contributed by atoms with Crippen molar-refractivity contribution >= 4 is 0 Å². The molecule has 0 aliphatic heterocycles. The monoisotopic (exact) mass is 231 g/mol. The lowest BCUT2D eigenvalue weighted by atomic mass is 10.1. The summed E-state index contributed by atoms with van der Waals surface area (Å²) >= 11 is 0. The minimum absolute atomic E-state index is 0.176. The van der Waals surface area contributed by atoms with Gasteiger partial charge in [-0.25, -0.2) is 4.98 Å². The smallest absolute Gasteiger partial charge is 0.194 e. The van der Waals surface area contributed by atoms with Crippen LogP contribution in [-0.2, 0) is 12.8 Å². The first-order valence-electron chi connectivity index (χ1n) is 5.89. The summed E-state index contributed by atoms with van der Waals surface area (Å²) in [7, 11) is 0. The molecule has 0 aliphatic carbocycles. The summed E-state index contributed by atoms with van der Waals surface area (Å²) in [6.07, 6.45) is 2.20. The SMILES string of the molecule is Cc1oc(CCCO)nc1Cc1ccccc1. The van der Waals surface area contributed by atoms with Gasteiger partial charge in [0.05, 0.1) is 5.69 Å². The van der Waals surface area contributed by atoms with Crippen molar-refractivity contribution in [3.8, 4) is 0 Å². The van der Waals surface area contributed by atoms with Gasteiger partial charge in [0.1, 0.15) is 5.76 Å². The fourth-order valence-corrected chi connectivity index (χ4v) is 1.78. The number of benzene rings is 1. The van der Waals surface area contributed by atoms with Crippen LogP contribution >= 0.6 is 0 Å². The lowest BCUT2D eigenvalue weighted by molar-refractivity contribution is 0.282. The topological polar surface area (TPSA) is 46.3 Å². The van der Waals surface area contributed by atoms with Gasteiger partial charge >= 0.3 is 0 Å². The molecule has 0 amide bonds. The van der Waals surface area contributed by atoms with Crippen molar-refractivity contribution in [2.24, 2.45) is 0 Å². The van der Waals surface area contributed by atoms with Crippen LogP contribution in [0.25, 0.3) is 0 Å². The second kappa shape index (κ2) is 5.64. The van der Waals surface area contributed by atoms with E-state index in [1.54, 1.807) is 0 Å². The van der Waals surface area contributed by atoms with Crippen LogP contribution in [0.1, 0.15) is 29.3 Å². The van der Waals surface area contributed by atoms with Crippen molar-refractivity contribution in [2.45, 2.75) is 26.2 Å². The lowest BCUT2D eigenvalue weighted by Crippen LogP contribution is -1.92. The molecule has 1 aromatic carbocycles. The van der Waals surface area contributed by atoms with Gasteiger partial charge in [-0.1, -0.05) is 30.3 Å². The van der Waals surface area contributed by atoms with Gasteiger partial charge in [-0.15, -0.1) is 0 Å². The summed E-state index contributed by atoms with van der Waals surface area (Å²) in [6.45, 7) is 2.11. The van der Waals surface area contributed by atoms with Crippen molar-refractivity contribution in [2.75, 3.05) is 6.61 Å². The minimum atomic E-state index is 0.176. The van der Waals surface area contributed by atoms with Crippen LogP contribution < -0.4 is 0 Å². The van der Waals surface area contributed by atoms with Gasteiger partial charge in [0, 0.05) is 19.4 Å². The first kappa shape index (κ1) is 11.9. The number of aliphatic hydroxyl groups is 1. The average molecular weight is 231 g/mol. The molecule has 0 unspecified atom stereocenters. The Kier molecular flexibility index (Phi) is 3.94. The zero-order chi connectivity index (χ0) is 12.1. The molecule has 90 valence electrons. The molecule has 1 heterocycles. The molecular weight excluding hydrogens is 214 g/mol. The number of aliphatic hydroxyl groups excluding tert-OH is 1. The third-order valence-corrected chi connectivity index (χ3v) is 2.70. The third-order valence-electron chi connectivity index (χ3n) is 2.70. The Hall–Kier alpha value is -1.61. The molecule has 0 fully saturated rings. The molecule has 0 spiro atoms. The standard InChI is InChI=1S/C14H17NO2/c1-11-13(10-12-6-3-2-4-7-12)15-14(17-11)8-5-9-16/h2-4,6-7,16H,5,8-10H2,1H3. The summed E-state index contributed by atoms with van der Waals surface area (Å²) in [4.78, 5) is 4.46. The van der Waals surface area contributed by atoms with Gasteiger partial charge in [0.2, 0.25) is 0 Å². The molecule has 0 bridgehead atoms. The van der Waals surface area contributed by atoms with Crippen LogP contribution in [0.2, 0.25) is 0 Å². The molecule has 0 aliphatic rings. The number of rotatable bonds is 5. The molecule has 2 rings (SSSR count). The zero-order valence-electron chi connectivity index (χ0n) is 10.0. The summed E-state index contributed by atoms with van der Waals surface area (Å²) in [6, 6.07) is 10.2. The highest BCUT2D eigenvalue weighted by Crippen LogP contribution is 2.15. The summed E-state index contributed by atoms with van der Waals surface area (Å²) in [5.74, 6) is 1.60. The van der Waals surface area contributed by atoms with Crippen molar-refractivity contribution in [3.05, 3.63) is 53.2 Å². The maximum Gasteiger partial charge on any atom is 0.194 e. The third kappa shape index (κ3) is 3.17. The van der Waals surface area contributed by atoms with Gasteiger partial charge < -0.3 is 9.52 Å². The Balaban J connectivity index is 2.08. The van der Waals surface area contributed by atoms with Gasteiger partial charge in [-0.2, -0.15) is 0 Å². The first-order chi connectivity index (χ1) is 8.29. The van der Waals surface area contributed by atoms with Crippen molar-refractivity contribution in [1.29, 1.82) is 0 Å². The van der Waals surface area contributed by atoms with Gasteiger partial charge in [-0.05, 0) is 18.9 Å². The van der Waals surface area contributed by atoms with Crippen molar-refractivity contribution in [1.82, 2.24) is 4.98 Å². The van der Waals surface area contributed by atoms with E-state index in [0.29, 0.717) is 12.8 Å². The molecule has 2 aromatic rings. The second-order valence-corrected chi connectivity index (χ2v) is 4.10. The normalized spacial score (nSPS) is 10.7. The van der Waals surface area contributed by atoms with Crippen LogP contribution in [0.5, 0.6) is 0 Å². The molecule has 17 heavy (non-hydrogen) atoms. The summed E-state index contributed by atoms with van der Waals surface area (Å²) < 4.78 is 5.57. The number of oxazole rings is 1. The van der Waals surface area contributed by atoms with Gasteiger partial charge in [-0.3, -0.25) is 0 Å². The van der Waals surface area contributed by atoms with E-state index < -0.39 is 0 Å². The quantitative estimate of drug-likeness (QED) is 0.860. The van der Waals surface area contributed by atoms with E-state index in [-0.39, 0.29) is 6.61 Å². The predicted octanol–water partition coefficient (Wildman–Crippen LogP) is 2.50. The Labute approximate surface area is 101 Å². The van der Waals surface area contributed by atoms with E-state index in [2.05, 4.69) is 17.1 Å². The molecule has 0 saturated heterocycles. The van der Waals surface area contributed by atoms with Crippen LogP contribution in [0, 0.1) is 6.92 Å². The molecule has 0 saturated carbocycles. The van der Waals surface area contributed by atoms with Crippen molar-refractivity contribution in [3.63, 3.8) is 0 Å². The van der Waals surface area contributed by atoms with E-state index in [9.17, 15) is 0 Å². The fourth-order valence-electron chi connectivity index (χ4n) is 1.78. The second-order valence-electron chi connectivity index (χ2n) is 4.10. The van der Waals surface area contributed by atoms with Crippen LogP contribution in [-0.4, -0.2) is 16.7 Å². The number of nitrogens with zero attached hydrogens (tertiary/aromatic N) is 1. The number of aryl methyl sites for hydroxylation is 2. The number of hydrogen-bond acceptors (Lipinski definition) is 3. The number of hydrogen-bond donors (Lipinski definition) is 1. The van der Waals surface area contributed by atoms with Crippen molar-refractivity contribution < 1.29 is 9.52 Å². The van der Waals surface area contributed by atoms with E-state index in [0.717, 1.165) is 23.8 Å². The van der Waals surface area contributed by atoms with Crippen LogP contribution in [0.3, 0.4) is 0 Å². The predicted molar refractivity (Wildman–Crippen MR) is 65.9 cm³/mol. The zero-order valence-corrected chi connectivity index (χ0v) is 10.0. The van der Waals surface area contributed by atoms with E-state index in [1.807, 2.05) is 25.1 Å². The molecule has 0 radical (unpaired) electrons.